The van der Waals surface area contributed by atoms with Crippen molar-refractivity contribution >= 4 is 29.3 Å². The van der Waals surface area contributed by atoms with Crippen molar-refractivity contribution in [1.82, 2.24) is 19.9 Å². The van der Waals surface area contributed by atoms with Crippen molar-refractivity contribution in [2.45, 2.75) is 25.9 Å². The van der Waals surface area contributed by atoms with Crippen molar-refractivity contribution in [2.75, 3.05) is 0 Å². The Balaban J connectivity index is 0.00000272. The van der Waals surface area contributed by atoms with E-state index in [1.165, 1.54) is 0 Å². The number of carbonyl (C=O) groups is 1. The monoisotopic (exact) mass is 442 g/mol. The van der Waals surface area contributed by atoms with Crippen molar-refractivity contribution in [3.05, 3.63) is 95.6 Å². The van der Waals surface area contributed by atoms with E-state index >= 15 is 0 Å². The third-order valence-electron chi connectivity index (χ3n) is 5.00. The molecule has 0 spiro atoms. The van der Waals surface area contributed by atoms with Crippen LogP contribution in [-0.4, -0.2) is 20.4 Å². The standard InChI is InChI=1S/C23H20F2N4O.ClH/c1-2-19(15-6-4-3-5-7-15)28-23(30)16-8-9-22-20(10-16)27-14-29(22)13-21-18(25)11-17(24)12-26-21;/h3-12,14,19H,2,13H2,1H3,(H,28,30);1H/t19-;/m1./s1. The Morgan fingerprint density at radius 3 is 2.58 bits per heavy atom. The van der Waals surface area contributed by atoms with Crippen molar-refractivity contribution in [3.8, 4) is 0 Å². The summed E-state index contributed by atoms with van der Waals surface area (Å²) in [6.45, 7) is 2.13. The first-order valence-electron chi connectivity index (χ1n) is 9.65. The summed E-state index contributed by atoms with van der Waals surface area (Å²) in [4.78, 5) is 20.9. The fourth-order valence-corrected chi connectivity index (χ4v) is 3.40. The van der Waals surface area contributed by atoms with Crippen LogP contribution in [0, 0.1) is 11.6 Å². The van der Waals surface area contributed by atoms with Crippen molar-refractivity contribution in [3.63, 3.8) is 0 Å². The van der Waals surface area contributed by atoms with E-state index in [1.54, 1.807) is 29.1 Å². The van der Waals surface area contributed by atoms with E-state index in [9.17, 15) is 13.6 Å². The molecule has 1 amide bonds. The fraction of sp³-hybridized carbons (Fsp3) is 0.174. The topological polar surface area (TPSA) is 59.8 Å². The van der Waals surface area contributed by atoms with Gasteiger partial charge in [-0.3, -0.25) is 9.78 Å². The maximum Gasteiger partial charge on any atom is 0.251 e. The number of benzene rings is 2. The second-order valence-electron chi connectivity index (χ2n) is 7.00. The number of fused-ring (bicyclic) bond motifs is 1. The third kappa shape index (κ3) is 4.88. The molecular weight excluding hydrogens is 422 g/mol. The molecule has 1 atom stereocenters. The summed E-state index contributed by atoms with van der Waals surface area (Å²) in [5, 5.41) is 3.05. The number of rotatable bonds is 6. The maximum absolute atomic E-state index is 13.9. The molecule has 160 valence electrons. The molecule has 0 saturated heterocycles. The number of hydrogen-bond donors (Lipinski definition) is 1. The zero-order valence-electron chi connectivity index (χ0n) is 16.8. The second kappa shape index (κ2) is 9.66. The average Bonchev–Trinajstić information content (AvgIpc) is 3.16. The van der Waals surface area contributed by atoms with Crippen LogP contribution in [0.15, 0.2) is 67.1 Å². The zero-order valence-corrected chi connectivity index (χ0v) is 17.6. The first-order chi connectivity index (χ1) is 14.5. The predicted octanol–water partition coefficient (Wildman–Crippen LogP) is 5.06. The van der Waals surface area contributed by atoms with Crippen molar-refractivity contribution < 1.29 is 13.6 Å². The summed E-state index contributed by atoms with van der Waals surface area (Å²) in [5.74, 6) is -1.61. The van der Waals surface area contributed by atoms with Gasteiger partial charge in [0.15, 0.2) is 0 Å². The Morgan fingerprint density at radius 2 is 1.87 bits per heavy atom. The first kappa shape index (κ1) is 22.4. The molecule has 0 saturated carbocycles. The number of imidazole rings is 1. The van der Waals surface area contributed by atoms with Gasteiger partial charge in [0.2, 0.25) is 0 Å². The van der Waals surface area contributed by atoms with Gasteiger partial charge in [-0.2, -0.15) is 0 Å². The summed E-state index contributed by atoms with van der Waals surface area (Å²) in [6, 6.07) is 15.7. The van der Waals surface area contributed by atoms with E-state index in [0.29, 0.717) is 11.1 Å². The Hall–Kier alpha value is -3.32. The molecule has 0 radical (unpaired) electrons. The number of hydrogen-bond acceptors (Lipinski definition) is 3. The number of nitrogens with zero attached hydrogens (tertiary/aromatic N) is 3. The summed E-state index contributed by atoms with van der Waals surface area (Å²) < 4.78 is 28.7. The first-order valence-corrected chi connectivity index (χ1v) is 9.65. The zero-order chi connectivity index (χ0) is 21.1. The summed E-state index contributed by atoms with van der Waals surface area (Å²) in [5.41, 5.74) is 3.00. The predicted molar refractivity (Wildman–Crippen MR) is 117 cm³/mol. The number of aromatic nitrogens is 3. The van der Waals surface area contributed by atoms with Crippen LogP contribution in [0.3, 0.4) is 0 Å². The van der Waals surface area contributed by atoms with Gasteiger partial charge in [0, 0.05) is 11.6 Å². The number of pyridine rings is 1. The third-order valence-corrected chi connectivity index (χ3v) is 5.00. The lowest BCUT2D eigenvalue weighted by atomic mass is 10.0. The molecule has 0 fully saturated rings. The Morgan fingerprint density at radius 1 is 1.10 bits per heavy atom. The molecule has 4 aromatic rings. The molecule has 5 nitrogen and oxygen atoms in total. The molecule has 8 heteroatoms. The Kier molecular flexibility index (Phi) is 6.97. The smallest absolute Gasteiger partial charge is 0.251 e. The van der Waals surface area contributed by atoms with Crippen LogP contribution < -0.4 is 5.32 Å². The van der Waals surface area contributed by atoms with Crippen LogP contribution in [0.4, 0.5) is 8.78 Å². The highest BCUT2D eigenvalue weighted by atomic mass is 35.5. The fourth-order valence-electron chi connectivity index (χ4n) is 3.40. The van der Waals surface area contributed by atoms with E-state index in [0.717, 1.165) is 29.8 Å². The van der Waals surface area contributed by atoms with E-state index in [2.05, 4.69) is 15.3 Å². The van der Waals surface area contributed by atoms with Gasteiger partial charge in [0.25, 0.3) is 5.91 Å². The molecule has 0 unspecified atom stereocenters. The lowest BCUT2D eigenvalue weighted by Crippen LogP contribution is -2.28. The van der Waals surface area contributed by atoms with E-state index in [-0.39, 0.29) is 36.6 Å². The average molecular weight is 443 g/mol. The van der Waals surface area contributed by atoms with Gasteiger partial charge in [-0.1, -0.05) is 37.3 Å². The molecule has 0 aliphatic rings. The quantitative estimate of drug-likeness (QED) is 0.454. The Bertz CT molecular complexity index is 1200. The minimum absolute atomic E-state index is 0. The second-order valence-corrected chi connectivity index (χ2v) is 7.00. The van der Waals surface area contributed by atoms with E-state index in [1.807, 2.05) is 37.3 Å². The molecule has 2 heterocycles. The molecule has 0 aliphatic heterocycles. The van der Waals surface area contributed by atoms with Gasteiger partial charge in [0.05, 0.1) is 41.8 Å². The van der Waals surface area contributed by atoms with Gasteiger partial charge in [-0.05, 0) is 30.2 Å². The van der Waals surface area contributed by atoms with Crippen molar-refractivity contribution in [1.29, 1.82) is 0 Å². The van der Waals surface area contributed by atoms with Crippen LogP contribution >= 0.6 is 12.4 Å². The number of halogens is 3. The van der Waals surface area contributed by atoms with Crippen LogP contribution in [0.1, 0.15) is 41.0 Å². The highest BCUT2D eigenvalue weighted by Gasteiger charge is 2.16. The van der Waals surface area contributed by atoms with Crippen LogP contribution in [0.5, 0.6) is 0 Å². The highest BCUT2D eigenvalue weighted by molar-refractivity contribution is 5.97. The molecule has 1 N–H and O–H groups in total. The molecule has 2 aromatic carbocycles. The van der Waals surface area contributed by atoms with Gasteiger partial charge in [-0.25, -0.2) is 13.8 Å². The van der Waals surface area contributed by atoms with Gasteiger partial charge >= 0.3 is 0 Å². The molecule has 0 aliphatic carbocycles. The molecular formula is C23H21ClF2N4O. The Labute approximate surface area is 184 Å². The molecule has 4 rings (SSSR count). The van der Waals surface area contributed by atoms with Crippen LogP contribution in [-0.2, 0) is 6.54 Å². The SMILES string of the molecule is CC[C@@H](NC(=O)c1ccc2c(c1)ncn2Cc1ncc(F)cc1F)c1ccccc1.Cl. The minimum Gasteiger partial charge on any atom is -0.345 e. The largest absolute Gasteiger partial charge is 0.345 e. The summed E-state index contributed by atoms with van der Waals surface area (Å²) in [6.07, 6.45) is 3.30. The van der Waals surface area contributed by atoms with Gasteiger partial charge in [-0.15, -0.1) is 12.4 Å². The minimum atomic E-state index is -0.719. The van der Waals surface area contributed by atoms with Crippen LogP contribution in [0.25, 0.3) is 11.0 Å². The van der Waals surface area contributed by atoms with Gasteiger partial charge < -0.3 is 9.88 Å². The van der Waals surface area contributed by atoms with E-state index in [4.69, 9.17) is 0 Å². The number of amides is 1. The maximum atomic E-state index is 13.9. The molecule has 31 heavy (non-hydrogen) atoms. The van der Waals surface area contributed by atoms with E-state index < -0.39 is 11.6 Å². The van der Waals surface area contributed by atoms with Gasteiger partial charge in [0.1, 0.15) is 11.6 Å². The number of carbonyl (C=O) groups excluding carboxylic acids is 1. The lowest BCUT2D eigenvalue weighted by Gasteiger charge is -2.17. The molecule has 0 bridgehead atoms. The number of nitrogens with one attached hydrogen (secondary N) is 1. The summed E-state index contributed by atoms with van der Waals surface area (Å²) >= 11 is 0. The van der Waals surface area contributed by atoms with Crippen molar-refractivity contribution in [2.24, 2.45) is 0 Å². The lowest BCUT2D eigenvalue weighted by molar-refractivity contribution is 0.0935. The highest BCUT2D eigenvalue weighted by Crippen LogP contribution is 2.20. The normalized spacial score (nSPS) is 11.7. The molecule has 2 aromatic heterocycles. The summed E-state index contributed by atoms with van der Waals surface area (Å²) in [7, 11) is 0. The van der Waals surface area contributed by atoms with Crippen LogP contribution in [0.2, 0.25) is 0 Å².